The second-order valence-corrected chi connectivity index (χ2v) is 7.29. The number of benzene rings is 2. The van der Waals surface area contributed by atoms with E-state index in [9.17, 15) is 19.2 Å². The Hall–Kier alpha value is -3.52. The van der Waals surface area contributed by atoms with Crippen LogP contribution < -0.4 is 11.1 Å². The average Bonchev–Trinajstić information content (AvgIpc) is 2.77. The first-order valence-corrected chi connectivity index (χ1v) is 9.93. The molecule has 31 heavy (non-hydrogen) atoms. The highest BCUT2D eigenvalue weighted by atomic mass is 16.5. The number of hydrogen-bond acceptors (Lipinski definition) is 5. The molecule has 0 saturated heterocycles. The summed E-state index contributed by atoms with van der Waals surface area (Å²) in [5, 5.41) is 11.4. The number of carboxylic acids is 1. The fraction of sp³-hybridized carbons (Fsp3) is 0.304. The topological polar surface area (TPSA) is 137 Å². The third-order valence-electron chi connectivity index (χ3n) is 4.75. The maximum Gasteiger partial charge on any atom is 0.338 e. The van der Waals surface area contributed by atoms with Crippen molar-refractivity contribution < 1.29 is 34.8 Å². The Labute approximate surface area is 180 Å². The zero-order chi connectivity index (χ0) is 22.8. The molecule has 164 valence electrons. The van der Waals surface area contributed by atoms with E-state index in [1.54, 1.807) is 30.3 Å². The molecule has 3 atom stereocenters. The molecule has 0 saturated carbocycles. The number of esters is 1. The first-order valence-electron chi connectivity index (χ1n) is 9.93. The molecule has 0 fully saturated rings. The number of hydrogen-bond donors (Lipinski definition) is 3. The number of amides is 1. The van der Waals surface area contributed by atoms with Crippen LogP contribution in [0.15, 0.2) is 60.7 Å². The Kier molecular flexibility index (Phi) is 8.90. The van der Waals surface area contributed by atoms with Crippen LogP contribution in [-0.4, -0.2) is 47.4 Å². The third-order valence-corrected chi connectivity index (χ3v) is 4.75. The van der Waals surface area contributed by atoms with Gasteiger partial charge in [-0.15, -0.1) is 0 Å². The van der Waals surface area contributed by atoms with Gasteiger partial charge in [0.1, 0.15) is 18.7 Å². The molecule has 8 heteroatoms. The third kappa shape index (κ3) is 7.67. The zero-order valence-corrected chi connectivity index (χ0v) is 17.3. The SMILES string of the molecule is C[C@H](NC(=O)[C@H](COC(=O)c1ccccc1)CC(=O)[C@@H]([NH3+])Cc1ccccc1)C(=O)O. The van der Waals surface area contributed by atoms with Gasteiger partial charge in [-0.05, 0) is 24.6 Å². The van der Waals surface area contributed by atoms with Gasteiger partial charge < -0.3 is 20.9 Å². The van der Waals surface area contributed by atoms with E-state index in [2.05, 4.69) is 11.1 Å². The molecule has 0 unspecified atom stereocenters. The Morgan fingerprint density at radius 3 is 2.16 bits per heavy atom. The lowest BCUT2D eigenvalue weighted by atomic mass is 9.95. The zero-order valence-electron chi connectivity index (χ0n) is 17.3. The maximum absolute atomic E-state index is 12.7. The lowest BCUT2D eigenvalue weighted by Gasteiger charge is -2.19. The van der Waals surface area contributed by atoms with E-state index in [0.717, 1.165) is 5.56 Å². The van der Waals surface area contributed by atoms with Gasteiger partial charge in [0.25, 0.3) is 0 Å². The lowest BCUT2D eigenvalue weighted by Crippen LogP contribution is -2.66. The van der Waals surface area contributed by atoms with Crippen molar-refractivity contribution in [1.82, 2.24) is 5.32 Å². The van der Waals surface area contributed by atoms with E-state index < -0.39 is 35.8 Å². The van der Waals surface area contributed by atoms with Crippen LogP contribution >= 0.6 is 0 Å². The van der Waals surface area contributed by atoms with Crippen molar-refractivity contribution in [3.05, 3.63) is 71.8 Å². The number of carbonyl (C=O) groups is 4. The Balaban J connectivity index is 2.05. The molecule has 0 aromatic heterocycles. The number of carbonyl (C=O) groups excluding carboxylic acids is 3. The molecule has 8 nitrogen and oxygen atoms in total. The van der Waals surface area contributed by atoms with Crippen LogP contribution in [0, 0.1) is 5.92 Å². The largest absolute Gasteiger partial charge is 0.480 e. The van der Waals surface area contributed by atoms with Crippen LogP contribution in [0.1, 0.15) is 29.3 Å². The van der Waals surface area contributed by atoms with Crippen molar-refractivity contribution in [2.24, 2.45) is 5.92 Å². The Morgan fingerprint density at radius 1 is 1.00 bits per heavy atom. The lowest BCUT2D eigenvalue weighted by molar-refractivity contribution is -0.402. The van der Waals surface area contributed by atoms with Gasteiger partial charge >= 0.3 is 11.9 Å². The van der Waals surface area contributed by atoms with Crippen molar-refractivity contribution in [2.75, 3.05) is 6.61 Å². The summed E-state index contributed by atoms with van der Waals surface area (Å²) in [7, 11) is 0. The van der Waals surface area contributed by atoms with Gasteiger partial charge in [0.2, 0.25) is 5.91 Å². The van der Waals surface area contributed by atoms with Gasteiger partial charge in [-0.25, -0.2) is 4.79 Å². The van der Waals surface area contributed by atoms with Crippen molar-refractivity contribution >= 4 is 23.6 Å². The number of ether oxygens (including phenoxy) is 1. The van der Waals surface area contributed by atoms with Crippen LogP contribution in [-0.2, 0) is 25.5 Å². The summed E-state index contributed by atoms with van der Waals surface area (Å²) in [4.78, 5) is 48.6. The average molecular weight is 427 g/mol. The van der Waals surface area contributed by atoms with Gasteiger partial charge in [-0.3, -0.25) is 14.4 Å². The summed E-state index contributed by atoms with van der Waals surface area (Å²) in [5.41, 5.74) is 5.14. The fourth-order valence-electron chi connectivity index (χ4n) is 2.88. The van der Waals surface area contributed by atoms with E-state index in [1.807, 2.05) is 30.3 Å². The van der Waals surface area contributed by atoms with Gasteiger partial charge in [0, 0.05) is 12.8 Å². The second kappa shape index (κ2) is 11.6. The fourth-order valence-corrected chi connectivity index (χ4v) is 2.88. The standard InChI is InChI=1S/C23H26N2O6/c1-15(22(28)29)25-21(27)18(14-31-23(30)17-10-6-3-7-11-17)13-20(26)19(24)12-16-8-4-2-5-9-16/h2-11,15,18-19H,12-14,24H2,1H3,(H,25,27)(H,28,29)/p+1/t15-,18-,19-/m0/s1. The summed E-state index contributed by atoms with van der Waals surface area (Å²) >= 11 is 0. The molecule has 2 aromatic carbocycles. The van der Waals surface area contributed by atoms with E-state index in [-0.39, 0.29) is 18.8 Å². The molecule has 0 heterocycles. The number of nitrogens with one attached hydrogen (secondary N) is 1. The van der Waals surface area contributed by atoms with Crippen molar-refractivity contribution in [1.29, 1.82) is 0 Å². The van der Waals surface area contributed by atoms with Crippen LogP contribution in [0.2, 0.25) is 0 Å². The summed E-state index contributed by atoms with van der Waals surface area (Å²) in [6, 6.07) is 15.9. The second-order valence-electron chi connectivity index (χ2n) is 7.29. The molecule has 5 N–H and O–H groups in total. The molecule has 2 rings (SSSR count). The molecule has 0 aliphatic carbocycles. The molecule has 2 aromatic rings. The van der Waals surface area contributed by atoms with Crippen molar-refractivity contribution in [3.63, 3.8) is 0 Å². The number of ketones is 1. The van der Waals surface area contributed by atoms with Crippen molar-refractivity contribution in [2.45, 2.75) is 31.8 Å². The summed E-state index contributed by atoms with van der Waals surface area (Å²) in [5.74, 6) is -3.81. The van der Waals surface area contributed by atoms with Gasteiger partial charge in [0.05, 0.1) is 11.5 Å². The monoisotopic (exact) mass is 427 g/mol. The van der Waals surface area contributed by atoms with E-state index in [4.69, 9.17) is 9.84 Å². The van der Waals surface area contributed by atoms with Crippen LogP contribution in [0.5, 0.6) is 0 Å². The van der Waals surface area contributed by atoms with Crippen LogP contribution in [0.25, 0.3) is 0 Å². The first kappa shape index (κ1) is 23.8. The molecule has 0 radical (unpaired) electrons. The quantitative estimate of drug-likeness (QED) is 0.455. The molecule has 0 aliphatic heterocycles. The molecular formula is C23H27N2O6+. The normalized spacial score (nSPS) is 13.5. The maximum atomic E-state index is 12.7. The number of carboxylic acid groups (broad SMARTS) is 1. The predicted octanol–water partition coefficient (Wildman–Crippen LogP) is 0.861. The number of Topliss-reactive ketones (excluding diaryl/α,β-unsaturated/α-hetero) is 1. The van der Waals surface area contributed by atoms with Gasteiger partial charge in [-0.2, -0.15) is 0 Å². The minimum absolute atomic E-state index is 0.221. The summed E-state index contributed by atoms with van der Waals surface area (Å²) in [6.07, 6.45) is 0.185. The highest BCUT2D eigenvalue weighted by Gasteiger charge is 2.29. The molecular weight excluding hydrogens is 400 g/mol. The molecule has 0 bridgehead atoms. The van der Waals surface area contributed by atoms with E-state index in [1.165, 1.54) is 6.92 Å². The smallest absolute Gasteiger partial charge is 0.338 e. The summed E-state index contributed by atoms with van der Waals surface area (Å²) in [6.45, 7) is 0.963. The Bertz CT molecular complexity index is 901. The molecule has 1 amide bonds. The minimum atomic E-state index is -1.21. The predicted molar refractivity (Wildman–Crippen MR) is 112 cm³/mol. The highest BCUT2D eigenvalue weighted by Crippen LogP contribution is 2.12. The van der Waals surface area contributed by atoms with Crippen molar-refractivity contribution in [3.8, 4) is 0 Å². The minimum Gasteiger partial charge on any atom is -0.480 e. The van der Waals surface area contributed by atoms with E-state index >= 15 is 0 Å². The van der Waals surface area contributed by atoms with Gasteiger partial charge in [-0.1, -0.05) is 48.5 Å². The van der Waals surface area contributed by atoms with Gasteiger partial charge in [0.15, 0.2) is 5.78 Å². The number of rotatable bonds is 11. The van der Waals surface area contributed by atoms with Crippen LogP contribution in [0.3, 0.4) is 0 Å². The number of aliphatic carboxylic acids is 1. The summed E-state index contributed by atoms with van der Waals surface area (Å²) < 4.78 is 5.23. The van der Waals surface area contributed by atoms with Crippen LogP contribution in [0.4, 0.5) is 0 Å². The number of quaternary nitrogens is 1. The molecule has 0 aliphatic rings. The first-order chi connectivity index (χ1) is 14.8. The highest BCUT2D eigenvalue weighted by molar-refractivity contribution is 5.92. The molecule has 0 spiro atoms. The Morgan fingerprint density at radius 2 is 1.58 bits per heavy atom. The van der Waals surface area contributed by atoms with E-state index in [0.29, 0.717) is 12.0 Å².